The Kier molecular flexibility index (Phi) is 5.72. The Hall–Kier alpha value is -3.45. The van der Waals surface area contributed by atoms with E-state index in [2.05, 4.69) is 4.90 Å². The van der Waals surface area contributed by atoms with Crippen LogP contribution in [0.15, 0.2) is 54.6 Å². The second kappa shape index (κ2) is 8.83. The predicted octanol–water partition coefficient (Wildman–Crippen LogP) is 4.44. The van der Waals surface area contributed by atoms with Crippen molar-refractivity contribution in [1.29, 1.82) is 0 Å². The Morgan fingerprint density at radius 1 is 0.909 bits per heavy atom. The first kappa shape index (κ1) is 21.4. The third-order valence-corrected chi connectivity index (χ3v) is 6.30. The third kappa shape index (κ3) is 4.04. The number of fused-ring (bicyclic) bond motifs is 1. The van der Waals surface area contributed by atoms with Crippen LogP contribution in [0.4, 0.5) is 5.82 Å². The van der Waals surface area contributed by atoms with Gasteiger partial charge in [-0.3, -0.25) is 4.79 Å². The topological polar surface area (TPSA) is 67.2 Å². The lowest BCUT2D eigenvalue weighted by molar-refractivity contribution is 0.0767. The van der Waals surface area contributed by atoms with Crippen LogP contribution in [-0.2, 0) is 0 Å². The molecule has 1 aliphatic heterocycles. The van der Waals surface area contributed by atoms with Gasteiger partial charge < -0.3 is 9.80 Å². The quantitative estimate of drug-likeness (QED) is 0.452. The highest BCUT2D eigenvalue weighted by Crippen LogP contribution is 2.31. The van der Waals surface area contributed by atoms with Crippen LogP contribution in [0.5, 0.6) is 0 Å². The number of amides is 1. The zero-order valence-electron chi connectivity index (χ0n) is 18.7. The average Bonchev–Trinajstić information content (AvgIpc) is 2.99. The zero-order chi connectivity index (χ0) is 22.9. The van der Waals surface area contributed by atoms with Gasteiger partial charge in [0, 0.05) is 31.7 Å². The number of carbonyl (C=O) groups is 1. The summed E-state index contributed by atoms with van der Waals surface area (Å²) in [4.78, 5) is 26.7. The van der Waals surface area contributed by atoms with Crippen LogP contribution in [-0.4, -0.2) is 56.7 Å². The molecular formula is C25H25ClN6O. The predicted molar refractivity (Wildman–Crippen MR) is 130 cm³/mol. The summed E-state index contributed by atoms with van der Waals surface area (Å²) in [7, 11) is 0. The van der Waals surface area contributed by atoms with E-state index in [0.717, 1.165) is 53.3 Å². The minimum atomic E-state index is 0.0733. The average molecular weight is 461 g/mol. The summed E-state index contributed by atoms with van der Waals surface area (Å²) in [5.41, 5.74) is 3.10. The lowest BCUT2D eigenvalue weighted by Crippen LogP contribution is -2.35. The zero-order valence-corrected chi connectivity index (χ0v) is 19.5. The van der Waals surface area contributed by atoms with E-state index in [0.29, 0.717) is 23.9 Å². The van der Waals surface area contributed by atoms with E-state index in [9.17, 15) is 4.79 Å². The Morgan fingerprint density at radius 2 is 1.67 bits per heavy atom. The Balaban J connectivity index is 1.49. The number of para-hydroxylation sites is 1. The van der Waals surface area contributed by atoms with Gasteiger partial charge in [-0.05, 0) is 44.5 Å². The maximum absolute atomic E-state index is 13.0. The second-order valence-corrected chi connectivity index (χ2v) is 8.65. The molecule has 0 bridgehead atoms. The number of aryl methyl sites for hydroxylation is 2. The molecule has 0 N–H and O–H groups in total. The van der Waals surface area contributed by atoms with E-state index >= 15 is 0 Å². The first-order chi connectivity index (χ1) is 16.0. The highest BCUT2D eigenvalue weighted by atomic mass is 35.5. The van der Waals surface area contributed by atoms with Crippen LogP contribution in [0.1, 0.15) is 28.3 Å². The number of hydrogen-bond donors (Lipinski definition) is 0. The van der Waals surface area contributed by atoms with E-state index in [1.165, 1.54) is 0 Å². The van der Waals surface area contributed by atoms with Crippen molar-refractivity contribution in [2.24, 2.45) is 0 Å². The van der Waals surface area contributed by atoms with Crippen molar-refractivity contribution in [2.45, 2.75) is 20.3 Å². The largest absolute Gasteiger partial charge is 0.354 e. The maximum atomic E-state index is 13.0. The summed E-state index contributed by atoms with van der Waals surface area (Å²) >= 11 is 6.46. The monoisotopic (exact) mass is 460 g/mol. The number of nitrogens with zero attached hydrogens (tertiary/aromatic N) is 6. The molecule has 0 radical (unpaired) electrons. The van der Waals surface area contributed by atoms with Gasteiger partial charge in [0.05, 0.1) is 21.8 Å². The molecule has 0 aliphatic carbocycles. The molecule has 4 aromatic rings. The fraction of sp³-hybridized carbons (Fsp3) is 0.280. The highest BCUT2D eigenvalue weighted by molar-refractivity contribution is 6.32. The number of carbonyl (C=O) groups excluding carboxylic acids is 1. The van der Waals surface area contributed by atoms with E-state index in [1.54, 1.807) is 4.68 Å². The molecule has 0 saturated carbocycles. The Morgan fingerprint density at radius 3 is 2.45 bits per heavy atom. The van der Waals surface area contributed by atoms with Crippen molar-refractivity contribution in [3.05, 3.63) is 76.7 Å². The van der Waals surface area contributed by atoms with Crippen LogP contribution in [0, 0.1) is 13.8 Å². The minimum Gasteiger partial charge on any atom is -0.354 e. The number of hydrogen-bond acceptors (Lipinski definition) is 5. The van der Waals surface area contributed by atoms with Crippen molar-refractivity contribution >= 4 is 34.4 Å². The molecule has 1 fully saturated rings. The fourth-order valence-corrected chi connectivity index (χ4v) is 4.60. The third-order valence-electron chi connectivity index (χ3n) is 5.98. The number of aromatic nitrogens is 4. The SMILES string of the molecule is Cc1nc(N2CCCN(C(=O)c3ccccc3)CC2)c2c(C)nn(-c3ccccc3Cl)c2n1. The summed E-state index contributed by atoms with van der Waals surface area (Å²) in [6, 6.07) is 17.1. The van der Waals surface area contributed by atoms with Crippen molar-refractivity contribution in [3.8, 4) is 5.69 Å². The van der Waals surface area contributed by atoms with E-state index in [1.807, 2.05) is 73.3 Å². The van der Waals surface area contributed by atoms with Crippen LogP contribution in [0.3, 0.4) is 0 Å². The minimum absolute atomic E-state index is 0.0733. The first-order valence-electron chi connectivity index (χ1n) is 11.1. The van der Waals surface area contributed by atoms with Gasteiger partial charge in [-0.25, -0.2) is 14.6 Å². The highest BCUT2D eigenvalue weighted by Gasteiger charge is 2.25. The van der Waals surface area contributed by atoms with E-state index < -0.39 is 0 Å². The smallest absolute Gasteiger partial charge is 0.253 e. The lowest BCUT2D eigenvalue weighted by Gasteiger charge is -2.24. The molecule has 2 aromatic heterocycles. The summed E-state index contributed by atoms with van der Waals surface area (Å²) in [6.07, 6.45) is 0.862. The number of anilines is 1. The number of halogens is 1. The van der Waals surface area contributed by atoms with Crippen LogP contribution >= 0.6 is 11.6 Å². The maximum Gasteiger partial charge on any atom is 0.253 e. The van der Waals surface area contributed by atoms with Gasteiger partial charge in [0.25, 0.3) is 5.91 Å². The van der Waals surface area contributed by atoms with Crippen LogP contribution in [0.25, 0.3) is 16.7 Å². The van der Waals surface area contributed by atoms with Gasteiger partial charge >= 0.3 is 0 Å². The molecule has 2 aromatic carbocycles. The summed E-state index contributed by atoms with van der Waals surface area (Å²) in [6.45, 7) is 6.72. The molecule has 0 unspecified atom stereocenters. The van der Waals surface area contributed by atoms with Gasteiger partial charge in [0.15, 0.2) is 5.65 Å². The molecule has 7 nitrogen and oxygen atoms in total. The number of benzene rings is 2. The summed E-state index contributed by atoms with van der Waals surface area (Å²) in [5, 5.41) is 6.30. The molecule has 168 valence electrons. The van der Waals surface area contributed by atoms with Crippen molar-refractivity contribution < 1.29 is 4.79 Å². The fourth-order valence-electron chi connectivity index (χ4n) is 4.38. The van der Waals surface area contributed by atoms with Crippen molar-refractivity contribution in [2.75, 3.05) is 31.1 Å². The van der Waals surface area contributed by atoms with Crippen molar-refractivity contribution in [1.82, 2.24) is 24.6 Å². The van der Waals surface area contributed by atoms with Gasteiger partial charge in [-0.1, -0.05) is 41.9 Å². The lowest BCUT2D eigenvalue weighted by atomic mass is 10.2. The normalized spacial score (nSPS) is 14.5. The van der Waals surface area contributed by atoms with Crippen molar-refractivity contribution in [3.63, 3.8) is 0 Å². The van der Waals surface area contributed by atoms with Gasteiger partial charge in [0.1, 0.15) is 11.6 Å². The standard InChI is InChI=1S/C25H25ClN6O/c1-17-22-23(27-18(2)28-24(22)32(29-17)21-12-7-6-11-20(21)26)30-13-8-14-31(16-15-30)25(33)19-9-4-3-5-10-19/h3-7,9-12H,8,13-16H2,1-2H3. The molecule has 33 heavy (non-hydrogen) atoms. The molecule has 1 aliphatic rings. The molecule has 0 spiro atoms. The number of rotatable bonds is 3. The van der Waals surface area contributed by atoms with E-state index in [4.69, 9.17) is 26.7 Å². The molecule has 3 heterocycles. The second-order valence-electron chi connectivity index (χ2n) is 8.24. The molecule has 1 amide bonds. The van der Waals surface area contributed by atoms with Crippen LogP contribution in [0.2, 0.25) is 5.02 Å². The Bertz CT molecular complexity index is 1320. The van der Waals surface area contributed by atoms with Gasteiger partial charge in [-0.15, -0.1) is 0 Å². The summed E-state index contributed by atoms with van der Waals surface area (Å²) in [5.74, 6) is 1.61. The summed E-state index contributed by atoms with van der Waals surface area (Å²) < 4.78 is 1.80. The molecular weight excluding hydrogens is 436 g/mol. The molecule has 8 heteroatoms. The first-order valence-corrected chi connectivity index (χ1v) is 11.5. The van der Waals surface area contributed by atoms with Crippen LogP contribution < -0.4 is 4.90 Å². The molecule has 5 rings (SSSR count). The van der Waals surface area contributed by atoms with E-state index in [-0.39, 0.29) is 5.91 Å². The van der Waals surface area contributed by atoms with Gasteiger partial charge in [-0.2, -0.15) is 5.10 Å². The molecule has 1 saturated heterocycles. The molecule has 0 atom stereocenters. The van der Waals surface area contributed by atoms with Gasteiger partial charge in [0.2, 0.25) is 0 Å². The Labute approximate surface area is 197 Å².